The van der Waals surface area contributed by atoms with E-state index >= 15 is 0 Å². The highest BCUT2D eigenvalue weighted by molar-refractivity contribution is 6.00. The summed E-state index contributed by atoms with van der Waals surface area (Å²) < 4.78 is 5.44. The number of carboxylic acid groups (broad SMARTS) is 1. The highest BCUT2D eigenvalue weighted by atomic mass is 16.4. The molecule has 37 heavy (non-hydrogen) atoms. The molecule has 0 unspecified atom stereocenters. The molecule has 194 valence electrons. The summed E-state index contributed by atoms with van der Waals surface area (Å²) in [4.78, 5) is 28.2. The first-order valence-corrected chi connectivity index (χ1v) is 13.1. The SMILES string of the molecule is O=C(O)CC1CCC2(CC1)CCC(c1ccc(NC(=O)c3nnc(NCc4ccccc4)o3)cn1)CC2. The molecule has 0 aliphatic heterocycles. The minimum atomic E-state index is -0.673. The Morgan fingerprint density at radius 2 is 1.70 bits per heavy atom. The maximum Gasteiger partial charge on any atom is 0.316 e. The molecule has 1 aromatic carbocycles. The Balaban J connectivity index is 1.09. The lowest BCUT2D eigenvalue weighted by atomic mass is 9.61. The second-order valence-electron chi connectivity index (χ2n) is 10.5. The Hall–Kier alpha value is -3.75. The van der Waals surface area contributed by atoms with Gasteiger partial charge < -0.3 is 20.2 Å². The number of carbonyl (C=O) groups excluding carboxylic acids is 1. The highest BCUT2D eigenvalue weighted by Crippen LogP contribution is 2.52. The highest BCUT2D eigenvalue weighted by Gasteiger charge is 2.39. The number of benzene rings is 1. The molecule has 0 atom stereocenters. The van der Waals surface area contributed by atoms with Gasteiger partial charge in [-0.05, 0) is 80.4 Å². The van der Waals surface area contributed by atoms with Crippen molar-refractivity contribution in [3.63, 3.8) is 0 Å². The smallest absolute Gasteiger partial charge is 0.316 e. The Kier molecular flexibility index (Phi) is 7.48. The zero-order valence-corrected chi connectivity index (χ0v) is 20.9. The number of carbonyl (C=O) groups is 2. The quantitative estimate of drug-likeness (QED) is 0.360. The maximum atomic E-state index is 12.5. The van der Waals surface area contributed by atoms with Crippen LogP contribution in [0.25, 0.3) is 0 Å². The van der Waals surface area contributed by atoms with Gasteiger partial charge in [-0.2, -0.15) is 0 Å². The van der Waals surface area contributed by atoms with E-state index < -0.39 is 11.9 Å². The maximum absolute atomic E-state index is 12.5. The molecule has 2 heterocycles. The van der Waals surface area contributed by atoms with Crippen molar-refractivity contribution in [2.24, 2.45) is 11.3 Å². The molecule has 9 heteroatoms. The van der Waals surface area contributed by atoms with Gasteiger partial charge in [-0.1, -0.05) is 35.4 Å². The second kappa shape index (κ2) is 11.1. The Morgan fingerprint density at radius 1 is 0.973 bits per heavy atom. The molecular formula is C28H33N5O4. The van der Waals surface area contributed by atoms with E-state index in [-0.39, 0.29) is 11.9 Å². The number of amides is 1. The average Bonchev–Trinajstić information content (AvgIpc) is 3.40. The summed E-state index contributed by atoms with van der Waals surface area (Å²) in [7, 11) is 0. The van der Waals surface area contributed by atoms with Crippen molar-refractivity contribution < 1.29 is 19.1 Å². The molecular weight excluding hydrogens is 470 g/mol. The van der Waals surface area contributed by atoms with Crippen molar-refractivity contribution in [2.45, 2.75) is 70.3 Å². The third kappa shape index (κ3) is 6.34. The molecule has 0 bridgehead atoms. The molecule has 0 radical (unpaired) electrons. The zero-order valence-electron chi connectivity index (χ0n) is 20.9. The number of aromatic nitrogens is 3. The Labute approximate surface area is 216 Å². The molecule has 3 aromatic rings. The third-order valence-corrected chi connectivity index (χ3v) is 8.04. The van der Waals surface area contributed by atoms with Gasteiger partial charge in [0, 0.05) is 24.6 Å². The standard InChI is InChI=1S/C28H33N5O4/c34-24(35)16-19-8-12-28(13-9-19)14-10-21(11-15-28)23-7-6-22(18-29-23)31-25(36)26-32-33-27(37-26)30-17-20-4-2-1-3-5-20/h1-7,18-19,21H,8-17H2,(H,30,33)(H,31,36)(H,34,35). The zero-order chi connectivity index (χ0) is 25.7. The predicted octanol–water partition coefficient (Wildman–Crippen LogP) is 5.64. The minimum absolute atomic E-state index is 0.115. The van der Waals surface area contributed by atoms with Crippen LogP contribution >= 0.6 is 0 Å². The normalized spacial score (nSPS) is 23.5. The van der Waals surface area contributed by atoms with E-state index in [9.17, 15) is 9.59 Å². The first kappa shape index (κ1) is 24.9. The number of hydrogen-bond acceptors (Lipinski definition) is 7. The van der Waals surface area contributed by atoms with Crippen LogP contribution in [0.15, 0.2) is 53.1 Å². The summed E-state index contributed by atoms with van der Waals surface area (Å²) in [6.07, 6.45) is 10.9. The third-order valence-electron chi connectivity index (χ3n) is 8.04. The Morgan fingerprint density at radius 3 is 2.38 bits per heavy atom. The van der Waals surface area contributed by atoms with Gasteiger partial charge >= 0.3 is 23.8 Å². The van der Waals surface area contributed by atoms with E-state index in [4.69, 9.17) is 9.52 Å². The average molecular weight is 504 g/mol. The number of anilines is 2. The van der Waals surface area contributed by atoms with Gasteiger partial charge in [0.2, 0.25) is 0 Å². The molecule has 1 amide bonds. The summed E-state index contributed by atoms with van der Waals surface area (Å²) >= 11 is 0. The number of nitrogens with zero attached hydrogens (tertiary/aromatic N) is 3. The van der Waals surface area contributed by atoms with E-state index in [0.717, 1.165) is 49.8 Å². The first-order valence-electron chi connectivity index (χ1n) is 13.1. The summed E-state index contributed by atoms with van der Waals surface area (Å²) in [5.41, 5.74) is 3.08. The largest absolute Gasteiger partial charge is 0.481 e. The van der Waals surface area contributed by atoms with Crippen molar-refractivity contribution in [1.82, 2.24) is 15.2 Å². The van der Waals surface area contributed by atoms with Crippen LogP contribution in [0.4, 0.5) is 11.7 Å². The van der Waals surface area contributed by atoms with Crippen LogP contribution < -0.4 is 10.6 Å². The number of rotatable bonds is 8. The molecule has 1 spiro atoms. The molecule has 2 aliphatic carbocycles. The molecule has 2 fully saturated rings. The summed E-state index contributed by atoms with van der Waals surface area (Å²) in [5, 5.41) is 22.6. The van der Waals surface area contributed by atoms with Crippen LogP contribution in [0.1, 0.15) is 85.6 Å². The molecule has 5 rings (SSSR count). The second-order valence-corrected chi connectivity index (χ2v) is 10.5. The molecule has 2 saturated carbocycles. The fourth-order valence-corrected chi connectivity index (χ4v) is 5.83. The molecule has 9 nitrogen and oxygen atoms in total. The lowest BCUT2D eigenvalue weighted by molar-refractivity contribution is -0.138. The van der Waals surface area contributed by atoms with Crippen LogP contribution in [0.2, 0.25) is 0 Å². The molecule has 0 saturated heterocycles. The van der Waals surface area contributed by atoms with Gasteiger partial charge in [0.15, 0.2) is 0 Å². The fourth-order valence-electron chi connectivity index (χ4n) is 5.83. The number of carboxylic acids is 1. The van der Waals surface area contributed by atoms with Crippen molar-refractivity contribution >= 4 is 23.6 Å². The molecule has 3 N–H and O–H groups in total. The van der Waals surface area contributed by atoms with Crippen molar-refractivity contribution in [3.05, 3.63) is 65.8 Å². The van der Waals surface area contributed by atoms with E-state index in [0.29, 0.717) is 35.9 Å². The van der Waals surface area contributed by atoms with Gasteiger partial charge in [0.25, 0.3) is 0 Å². The lowest BCUT2D eigenvalue weighted by Crippen LogP contribution is -2.32. The van der Waals surface area contributed by atoms with E-state index in [1.165, 1.54) is 12.8 Å². The number of pyridine rings is 1. The van der Waals surface area contributed by atoms with Crippen LogP contribution in [-0.2, 0) is 11.3 Å². The van der Waals surface area contributed by atoms with Crippen LogP contribution in [0.5, 0.6) is 0 Å². The van der Waals surface area contributed by atoms with E-state index in [2.05, 4.69) is 25.8 Å². The first-order chi connectivity index (χ1) is 18.0. The van der Waals surface area contributed by atoms with Gasteiger partial charge in [-0.3, -0.25) is 14.6 Å². The summed E-state index contributed by atoms with van der Waals surface area (Å²) in [6.45, 7) is 0.517. The van der Waals surface area contributed by atoms with Gasteiger partial charge in [0.05, 0.1) is 11.9 Å². The van der Waals surface area contributed by atoms with Gasteiger partial charge in [-0.25, -0.2) is 0 Å². The molecule has 2 aromatic heterocycles. The summed E-state index contributed by atoms with van der Waals surface area (Å²) in [6, 6.07) is 13.9. The monoisotopic (exact) mass is 503 g/mol. The summed E-state index contributed by atoms with van der Waals surface area (Å²) in [5.74, 6) is -0.507. The van der Waals surface area contributed by atoms with Gasteiger partial charge in [0.1, 0.15) is 0 Å². The number of aliphatic carboxylic acids is 1. The van der Waals surface area contributed by atoms with Crippen LogP contribution in [-0.4, -0.2) is 32.2 Å². The number of hydrogen-bond donors (Lipinski definition) is 3. The molecule has 2 aliphatic rings. The minimum Gasteiger partial charge on any atom is -0.481 e. The van der Waals surface area contributed by atoms with Gasteiger partial charge in [-0.15, -0.1) is 5.10 Å². The lowest BCUT2D eigenvalue weighted by Gasteiger charge is -2.44. The van der Waals surface area contributed by atoms with Crippen molar-refractivity contribution in [2.75, 3.05) is 10.6 Å². The topological polar surface area (TPSA) is 130 Å². The Bertz CT molecular complexity index is 1190. The van der Waals surface area contributed by atoms with E-state index in [1.54, 1.807) is 6.20 Å². The van der Waals surface area contributed by atoms with E-state index in [1.807, 2.05) is 42.5 Å². The van der Waals surface area contributed by atoms with Crippen LogP contribution in [0, 0.1) is 11.3 Å². The van der Waals surface area contributed by atoms with Crippen molar-refractivity contribution in [3.8, 4) is 0 Å². The predicted molar refractivity (Wildman–Crippen MR) is 138 cm³/mol. The van der Waals surface area contributed by atoms with Crippen molar-refractivity contribution in [1.29, 1.82) is 0 Å². The van der Waals surface area contributed by atoms with Crippen LogP contribution in [0.3, 0.4) is 0 Å². The number of nitrogens with one attached hydrogen (secondary N) is 2. The fraction of sp³-hybridized carbons (Fsp3) is 0.464.